The molecular weight excluding hydrogens is 522 g/mol. The van der Waals surface area contributed by atoms with Crippen LogP contribution in [-0.4, -0.2) is 101 Å². The fourth-order valence-electron chi connectivity index (χ4n) is 4.89. The Bertz CT molecular complexity index is 1440. The Labute approximate surface area is 230 Å². The lowest BCUT2D eigenvalue weighted by molar-refractivity contribution is 0.0964. The molecule has 1 aliphatic carbocycles. The number of likely N-dealkylation sites (N-methyl/N-ethyl adjacent to an activating group) is 1. The van der Waals surface area contributed by atoms with Gasteiger partial charge in [-0.1, -0.05) is 11.6 Å². The van der Waals surface area contributed by atoms with Crippen LogP contribution in [0.25, 0.3) is 5.65 Å². The third-order valence-corrected chi connectivity index (χ3v) is 7.78. The number of carbonyl (C=O) groups excluding carboxylic acids is 1. The molecule has 6 rings (SSSR count). The molecule has 4 heterocycles. The summed E-state index contributed by atoms with van der Waals surface area (Å²) in [6, 6.07) is 6.44. The molecule has 3 aromatic rings. The van der Waals surface area contributed by atoms with E-state index in [1.807, 2.05) is 6.07 Å². The third kappa shape index (κ3) is 5.23. The number of hydrogen-bond acceptors (Lipinski definition) is 11. The van der Waals surface area contributed by atoms with Crippen LogP contribution in [-0.2, 0) is 4.74 Å². The first-order valence-electron chi connectivity index (χ1n) is 13.0. The van der Waals surface area contributed by atoms with Gasteiger partial charge in [0.15, 0.2) is 17.2 Å². The van der Waals surface area contributed by atoms with Gasteiger partial charge in [-0.05, 0) is 32.0 Å². The zero-order valence-corrected chi connectivity index (χ0v) is 22.6. The Morgan fingerprint density at radius 3 is 2.67 bits per heavy atom. The van der Waals surface area contributed by atoms with Gasteiger partial charge >= 0.3 is 6.09 Å². The fourth-order valence-corrected chi connectivity index (χ4v) is 5.17. The van der Waals surface area contributed by atoms with E-state index in [0.717, 1.165) is 57.8 Å². The molecule has 0 atom stereocenters. The van der Waals surface area contributed by atoms with E-state index in [0.29, 0.717) is 39.9 Å². The molecule has 39 heavy (non-hydrogen) atoms. The van der Waals surface area contributed by atoms with Crippen LogP contribution in [0.5, 0.6) is 0 Å². The van der Waals surface area contributed by atoms with Crippen LogP contribution in [0.3, 0.4) is 0 Å². The van der Waals surface area contributed by atoms with Crippen LogP contribution in [0, 0.1) is 11.3 Å². The first-order valence-corrected chi connectivity index (χ1v) is 13.3. The van der Waals surface area contributed by atoms with Crippen LogP contribution in [0.1, 0.15) is 18.5 Å². The summed E-state index contributed by atoms with van der Waals surface area (Å²) in [7, 11) is 3.47. The molecular formula is C25H30ClN11O2. The molecule has 2 saturated heterocycles. The zero-order chi connectivity index (χ0) is 27.1. The quantitative estimate of drug-likeness (QED) is 0.399. The van der Waals surface area contributed by atoms with E-state index in [1.165, 1.54) is 17.8 Å². The van der Waals surface area contributed by atoms with Crippen molar-refractivity contribution in [2.45, 2.75) is 24.9 Å². The second kappa shape index (κ2) is 10.4. The number of halogens is 1. The second-order valence-corrected chi connectivity index (χ2v) is 10.6. The zero-order valence-electron chi connectivity index (χ0n) is 21.8. The third-order valence-electron chi connectivity index (χ3n) is 7.38. The Kier molecular flexibility index (Phi) is 6.76. The number of fused-ring (bicyclic) bond motifs is 1. The van der Waals surface area contributed by atoms with E-state index in [4.69, 9.17) is 16.3 Å². The normalized spacial score (nSPS) is 18.5. The Hall–Kier alpha value is -3.86. The molecule has 13 nitrogen and oxygen atoms in total. The van der Waals surface area contributed by atoms with Gasteiger partial charge in [0.25, 0.3) is 0 Å². The number of carbonyl (C=O) groups is 1. The molecule has 1 amide bonds. The van der Waals surface area contributed by atoms with Crippen molar-refractivity contribution in [1.82, 2.24) is 29.4 Å². The number of nitriles is 1. The van der Waals surface area contributed by atoms with Crippen molar-refractivity contribution < 1.29 is 9.53 Å². The lowest BCUT2D eigenvalue weighted by atomic mass is 10.0. The number of ether oxygens (including phenoxy) is 1. The summed E-state index contributed by atoms with van der Waals surface area (Å²) in [6.45, 7) is 5.91. The number of amides is 1. The fraction of sp³-hybridized carbons (Fsp3) is 0.480. The topological polar surface area (TPSA) is 139 Å². The summed E-state index contributed by atoms with van der Waals surface area (Å²) in [6.07, 6.45) is 2.98. The summed E-state index contributed by atoms with van der Waals surface area (Å²) >= 11 is 6.94. The molecule has 0 unspecified atom stereocenters. The summed E-state index contributed by atoms with van der Waals surface area (Å²) < 4.78 is 6.27. The highest BCUT2D eigenvalue weighted by atomic mass is 35.5. The largest absolute Gasteiger partial charge is 0.453 e. The Morgan fingerprint density at radius 2 is 1.97 bits per heavy atom. The van der Waals surface area contributed by atoms with Crippen molar-refractivity contribution in [3.8, 4) is 6.07 Å². The van der Waals surface area contributed by atoms with E-state index in [2.05, 4.69) is 58.8 Å². The highest BCUT2D eigenvalue weighted by molar-refractivity contribution is 6.36. The minimum Gasteiger partial charge on any atom is -0.453 e. The highest BCUT2D eigenvalue weighted by Crippen LogP contribution is 2.40. The van der Waals surface area contributed by atoms with Gasteiger partial charge in [0.1, 0.15) is 6.07 Å². The molecule has 1 aromatic carbocycles. The number of hydrogen-bond donors (Lipinski definition) is 3. The lowest BCUT2D eigenvalue weighted by Gasteiger charge is -2.49. The Morgan fingerprint density at radius 1 is 1.21 bits per heavy atom. The van der Waals surface area contributed by atoms with Crippen LogP contribution < -0.4 is 20.9 Å². The predicted octanol–water partition coefficient (Wildman–Crippen LogP) is 2.58. The Balaban J connectivity index is 1.30. The first-order chi connectivity index (χ1) is 18.9. The van der Waals surface area contributed by atoms with Crippen LogP contribution in [0.2, 0.25) is 5.02 Å². The second-order valence-electron chi connectivity index (χ2n) is 10.2. The molecule has 3 aliphatic rings. The van der Waals surface area contributed by atoms with Crippen LogP contribution >= 0.6 is 11.6 Å². The number of anilines is 5. The van der Waals surface area contributed by atoms with E-state index >= 15 is 0 Å². The summed E-state index contributed by atoms with van der Waals surface area (Å²) in [5, 5.41) is 23.8. The molecule has 3 fully saturated rings. The highest BCUT2D eigenvalue weighted by Gasteiger charge is 2.35. The lowest BCUT2D eigenvalue weighted by Crippen LogP contribution is -2.63. The maximum Gasteiger partial charge on any atom is 0.411 e. The number of benzene rings is 1. The summed E-state index contributed by atoms with van der Waals surface area (Å²) in [4.78, 5) is 28.1. The number of rotatable bonds is 7. The van der Waals surface area contributed by atoms with Crippen molar-refractivity contribution in [1.29, 1.82) is 5.26 Å². The monoisotopic (exact) mass is 551 g/mol. The van der Waals surface area contributed by atoms with Gasteiger partial charge in [-0.2, -0.15) is 14.8 Å². The molecule has 0 radical (unpaired) electrons. The van der Waals surface area contributed by atoms with Crippen LogP contribution in [0.4, 0.5) is 33.6 Å². The molecule has 3 N–H and O–H groups in total. The maximum atomic E-state index is 12.0. The molecule has 204 valence electrons. The van der Waals surface area contributed by atoms with Gasteiger partial charge in [-0.15, -0.1) is 5.10 Å². The van der Waals surface area contributed by atoms with Gasteiger partial charge in [0.2, 0.25) is 5.95 Å². The molecule has 0 spiro atoms. The smallest absolute Gasteiger partial charge is 0.411 e. The average Bonchev–Trinajstić information content (AvgIpc) is 3.62. The summed E-state index contributed by atoms with van der Waals surface area (Å²) in [5.41, 5.74) is 2.59. The van der Waals surface area contributed by atoms with Gasteiger partial charge in [0.05, 0.1) is 29.7 Å². The number of imidazole rings is 1. The summed E-state index contributed by atoms with van der Waals surface area (Å²) in [5.74, 6) is 0.775. The molecule has 2 aromatic heterocycles. The van der Waals surface area contributed by atoms with E-state index in [-0.39, 0.29) is 11.6 Å². The van der Waals surface area contributed by atoms with Crippen molar-refractivity contribution in [2.24, 2.45) is 0 Å². The van der Waals surface area contributed by atoms with Crippen molar-refractivity contribution >= 4 is 52.2 Å². The molecule has 2 aliphatic heterocycles. The number of nitrogens with zero attached hydrogens (tertiary/aromatic N) is 8. The molecule has 1 saturated carbocycles. The number of piperazine rings is 1. The van der Waals surface area contributed by atoms with Gasteiger partial charge in [-0.25, -0.2) is 9.78 Å². The van der Waals surface area contributed by atoms with Crippen molar-refractivity contribution in [3.63, 3.8) is 0 Å². The number of aromatic nitrogens is 4. The first kappa shape index (κ1) is 25.4. The predicted molar refractivity (Wildman–Crippen MR) is 148 cm³/mol. The minimum absolute atomic E-state index is 0.238. The van der Waals surface area contributed by atoms with Crippen molar-refractivity contribution in [2.75, 3.05) is 74.3 Å². The number of nitrogens with one attached hydrogen (secondary N) is 3. The van der Waals surface area contributed by atoms with Crippen molar-refractivity contribution in [3.05, 3.63) is 29.0 Å². The standard InChI is InChI=1S/C25H30ClN11O2/c1-34-5-7-35(8-6-34)18-13-36(14-18)20-10-16(30-25(38)39-2)9-19(21(20)26)31-24-32-22(29-15-3-4-15)23-28-12-17(11-27)37(23)33-24/h9-10,12,15,18H,3-8,13-14H2,1-2H3,(H,30,38)(H2,29,31,32,33). The SMILES string of the molecule is COC(=O)Nc1cc(Nc2nc(NC3CC3)c3ncc(C#N)n3n2)c(Cl)c(N2CC(N3CCN(C)CC3)C2)c1. The molecule has 14 heteroatoms. The van der Waals surface area contributed by atoms with Crippen LogP contribution in [0.15, 0.2) is 18.3 Å². The van der Waals surface area contributed by atoms with Gasteiger partial charge in [0, 0.05) is 57.0 Å². The number of methoxy groups -OCH3 is 1. The minimum atomic E-state index is -0.584. The van der Waals surface area contributed by atoms with E-state index < -0.39 is 6.09 Å². The van der Waals surface area contributed by atoms with Gasteiger partial charge < -0.3 is 25.2 Å². The van der Waals surface area contributed by atoms with E-state index in [9.17, 15) is 10.1 Å². The maximum absolute atomic E-state index is 12.0. The average molecular weight is 552 g/mol. The molecule has 0 bridgehead atoms. The van der Waals surface area contributed by atoms with Gasteiger partial charge in [-0.3, -0.25) is 10.2 Å². The van der Waals surface area contributed by atoms with E-state index in [1.54, 1.807) is 6.07 Å².